The van der Waals surface area contributed by atoms with E-state index in [1.807, 2.05) is 0 Å². The highest BCUT2D eigenvalue weighted by atomic mass is 15.0. The van der Waals surface area contributed by atoms with Crippen molar-refractivity contribution >= 4 is 97.2 Å². The van der Waals surface area contributed by atoms with E-state index in [0.717, 1.165) is 0 Å². The number of hydrogen-bond donors (Lipinski definition) is 0. The van der Waals surface area contributed by atoms with E-state index in [4.69, 9.17) is 0 Å². The van der Waals surface area contributed by atoms with Crippen LogP contribution in [0.2, 0.25) is 0 Å². The van der Waals surface area contributed by atoms with Gasteiger partial charge in [-0.3, -0.25) is 0 Å². The SMILES string of the molecule is c1ccc(-n2c3ccccc3c3cc(-c4ccc5c6cc7c(cc6c6cccc4c65)cc4c5ccccc5c5cccc7c54)ccc32)cc1. The fourth-order valence-electron chi connectivity index (χ4n) is 9.20. The first-order valence-electron chi connectivity index (χ1n) is 17.1. The summed E-state index contributed by atoms with van der Waals surface area (Å²) in [5.41, 5.74) is 6.17. The fourth-order valence-corrected chi connectivity index (χ4v) is 9.20. The highest BCUT2D eigenvalue weighted by molar-refractivity contribution is 6.38. The average molecular weight is 618 g/mol. The van der Waals surface area contributed by atoms with Gasteiger partial charge in [-0.25, -0.2) is 0 Å². The summed E-state index contributed by atoms with van der Waals surface area (Å²) in [5.74, 6) is 0. The Bertz CT molecular complexity index is 3310. The van der Waals surface area contributed by atoms with E-state index in [2.05, 4.69) is 168 Å². The molecule has 0 radical (unpaired) electrons. The Kier molecular flexibility index (Phi) is 4.77. The lowest BCUT2D eigenvalue weighted by atomic mass is 9.95. The molecule has 0 amide bonds. The number of rotatable bonds is 2. The summed E-state index contributed by atoms with van der Waals surface area (Å²) in [5, 5.41) is 21.3. The zero-order valence-corrected chi connectivity index (χ0v) is 26.5. The molecule has 0 saturated heterocycles. The van der Waals surface area contributed by atoms with Crippen LogP contribution in [0.3, 0.4) is 0 Å². The molecule has 0 N–H and O–H groups in total. The second-order valence-electron chi connectivity index (χ2n) is 13.6. The Morgan fingerprint density at radius 1 is 0.286 bits per heavy atom. The number of aromatic nitrogens is 1. The number of fused-ring (bicyclic) bond motifs is 11. The van der Waals surface area contributed by atoms with Crippen molar-refractivity contribution in [1.29, 1.82) is 0 Å². The van der Waals surface area contributed by atoms with Crippen LogP contribution >= 0.6 is 0 Å². The molecule has 1 aromatic heterocycles. The van der Waals surface area contributed by atoms with Crippen LogP contribution in [-0.4, -0.2) is 4.57 Å². The van der Waals surface area contributed by atoms with Gasteiger partial charge in [-0.05, 0) is 135 Å². The Labute approximate surface area is 281 Å². The molecule has 12 rings (SSSR count). The third-order valence-electron chi connectivity index (χ3n) is 11.2. The topological polar surface area (TPSA) is 4.93 Å². The quantitative estimate of drug-likeness (QED) is 0.170. The molecule has 0 aliphatic rings. The zero-order chi connectivity index (χ0) is 31.8. The second kappa shape index (κ2) is 9.13. The van der Waals surface area contributed by atoms with Crippen molar-refractivity contribution in [3.8, 4) is 16.8 Å². The molecule has 0 unspecified atom stereocenters. The van der Waals surface area contributed by atoms with Crippen LogP contribution in [0.1, 0.15) is 0 Å². The lowest BCUT2D eigenvalue weighted by Gasteiger charge is -2.10. The summed E-state index contributed by atoms with van der Waals surface area (Å²) in [6.07, 6.45) is 0. The van der Waals surface area contributed by atoms with Gasteiger partial charge < -0.3 is 4.57 Å². The Morgan fingerprint density at radius 2 is 0.857 bits per heavy atom. The van der Waals surface area contributed by atoms with Crippen LogP contribution in [0.15, 0.2) is 164 Å². The molecule has 0 bridgehead atoms. The van der Waals surface area contributed by atoms with Gasteiger partial charge in [0, 0.05) is 16.5 Å². The first-order chi connectivity index (χ1) is 24.3. The number of benzene rings is 9. The summed E-state index contributed by atoms with van der Waals surface area (Å²) in [6.45, 7) is 0. The Hall–Kier alpha value is -6.44. The smallest absolute Gasteiger partial charge is 0.0541 e. The first kappa shape index (κ1) is 25.6. The number of hydrogen-bond acceptors (Lipinski definition) is 0. The van der Waals surface area contributed by atoms with Gasteiger partial charge in [0.1, 0.15) is 0 Å². The number of nitrogens with zero attached hydrogens (tertiary/aromatic N) is 1. The van der Waals surface area contributed by atoms with E-state index in [1.165, 1.54) is 114 Å². The number of para-hydroxylation sites is 2. The minimum atomic E-state index is 1.18. The standard InChI is InChI=1S/C48H27N/c1-2-10-30(11-3-1)49-45-19-7-6-14-34(45)43-24-28(20-23-46(43)49)31-21-22-39-42-27-40-29(25-41(42)38-18-8-15-35(31)47(38)39)26-44-33-13-5-4-12-32(33)36-16-9-17-37(40)48(36)44/h1-27H. The minimum absolute atomic E-state index is 1.18. The van der Waals surface area contributed by atoms with Crippen molar-refractivity contribution in [1.82, 2.24) is 4.57 Å². The van der Waals surface area contributed by atoms with E-state index in [9.17, 15) is 0 Å². The molecule has 0 spiro atoms. The molecule has 0 saturated carbocycles. The molecule has 1 nitrogen and oxygen atoms in total. The van der Waals surface area contributed by atoms with Gasteiger partial charge in [0.2, 0.25) is 0 Å². The molecule has 0 fully saturated rings. The molecule has 0 aliphatic carbocycles. The molecular formula is C48H27N. The van der Waals surface area contributed by atoms with E-state index >= 15 is 0 Å². The van der Waals surface area contributed by atoms with Crippen molar-refractivity contribution in [2.75, 3.05) is 0 Å². The molecule has 224 valence electrons. The van der Waals surface area contributed by atoms with Crippen LogP contribution in [0.5, 0.6) is 0 Å². The summed E-state index contributed by atoms with van der Waals surface area (Å²) in [6, 6.07) is 61.1. The molecular weight excluding hydrogens is 591 g/mol. The van der Waals surface area contributed by atoms with Crippen LogP contribution in [0.4, 0.5) is 0 Å². The molecule has 49 heavy (non-hydrogen) atoms. The maximum absolute atomic E-state index is 2.47. The average Bonchev–Trinajstić information content (AvgIpc) is 3.78. The van der Waals surface area contributed by atoms with Crippen molar-refractivity contribution in [2.24, 2.45) is 0 Å². The monoisotopic (exact) mass is 617 g/mol. The molecule has 1 heterocycles. The van der Waals surface area contributed by atoms with Crippen LogP contribution in [0.25, 0.3) is 114 Å². The Balaban J connectivity index is 1.13. The van der Waals surface area contributed by atoms with Gasteiger partial charge >= 0.3 is 0 Å². The van der Waals surface area contributed by atoms with Gasteiger partial charge in [0.25, 0.3) is 0 Å². The van der Waals surface area contributed by atoms with Crippen molar-refractivity contribution in [3.63, 3.8) is 0 Å². The van der Waals surface area contributed by atoms with Crippen molar-refractivity contribution in [3.05, 3.63) is 164 Å². The van der Waals surface area contributed by atoms with Gasteiger partial charge in [0.15, 0.2) is 0 Å². The maximum Gasteiger partial charge on any atom is 0.0541 e. The highest BCUT2D eigenvalue weighted by Gasteiger charge is 2.19. The lowest BCUT2D eigenvalue weighted by Crippen LogP contribution is -1.92. The predicted octanol–water partition coefficient (Wildman–Crippen LogP) is 13.4. The lowest BCUT2D eigenvalue weighted by molar-refractivity contribution is 1.18. The minimum Gasteiger partial charge on any atom is -0.309 e. The third-order valence-corrected chi connectivity index (χ3v) is 11.2. The summed E-state index contributed by atoms with van der Waals surface area (Å²) >= 11 is 0. The molecule has 0 aliphatic heterocycles. The van der Waals surface area contributed by atoms with Crippen molar-refractivity contribution in [2.45, 2.75) is 0 Å². The predicted molar refractivity (Wildman–Crippen MR) is 211 cm³/mol. The molecule has 12 aromatic rings. The van der Waals surface area contributed by atoms with Crippen LogP contribution in [0, 0.1) is 0 Å². The molecule has 0 atom stereocenters. The highest BCUT2D eigenvalue weighted by Crippen LogP contribution is 2.47. The van der Waals surface area contributed by atoms with Gasteiger partial charge in [-0.1, -0.05) is 115 Å². The summed E-state index contributed by atoms with van der Waals surface area (Å²) < 4.78 is 2.39. The fraction of sp³-hybridized carbons (Fsp3) is 0. The third kappa shape index (κ3) is 3.25. The van der Waals surface area contributed by atoms with E-state index < -0.39 is 0 Å². The summed E-state index contributed by atoms with van der Waals surface area (Å²) in [4.78, 5) is 0. The molecule has 11 aromatic carbocycles. The second-order valence-corrected chi connectivity index (χ2v) is 13.6. The Morgan fingerprint density at radius 3 is 1.69 bits per heavy atom. The van der Waals surface area contributed by atoms with E-state index in [1.54, 1.807) is 0 Å². The van der Waals surface area contributed by atoms with Crippen LogP contribution < -0.4 is 0 Å². The van der Waals surface area contributed by atoms with Gasteiger partial charge in [-0.2, -0.15) is 0 Å². The van der Waals surface area contributed by atoms with E-state index in [-0.39, 0.29) is 0 Å². The first-order valence-corrected chi connectivity index (χ1v) is 17.1. The van der Waals surface area contributed by atoms with Crippen LogP contribution in [-0.2, 0) is 0 Å². The maximum atomic E-state index is 2.47. The normalized spacial score (nSPS) is 12.5. The van der Waals surface area contributed by atoms with Gasteiger partial charge in [-0.15, -0.1) is 0 Å². The summed E-state index contributed by atoms with van der Waals surface area (Å²) in [7, 11) is 0. The molecule has 1 heteroatoms. The zero-order valence-electron chi connectivity index (χ0n) is 26.5. The van der Waals surface area contributed by atoms with Crippen molar-refractivity contribution < 1.29 is 0 Å². The largest absolute Gasteiger partial charge is 0.309 e. The van der Waals surface area contributed by atoms with E-state index in [0.29, 0.717) is 0 Å². The van der Waals surface area contributed by atoms with Gasteiger partial charge in [0.05, 0.1) is 11.0 Å².